The maximum absolute atomic E-state index is 6.18. The van der Waals surface area contributed by atoms with E-state index >= 15 is 0 Å². The molecule has 3 rings (SSSR count). The maximum atomic E-state index is 6.18. The number of para-hydroxylation sites is 1. The van der Waals surface area contributed by atoms with Gasteiger partial charge in [0.25, 0.3) is 0 Å². The van der Waals surface area contributed by atoms with Crippen molar-refractivity contribution in [2.75, 3.05) is 10.6 Å². The lowest BCUT2D eigenvalue weighted by molar-refractivity contribution is 0.997. The fourth-order valence-electron chi connectivity index (χ4n) is 2.22. The minimum atomic E-state index is 0.509. The molecule has 2 N–H and O–H groups in total. The predicted molar refractivity (Wildman–Crippen MR) is 97.8 cm³/mol. The van der Waals surface area contributed by atoms with Crippen LogP contribution in [0.4, 0.5) is 17.5 Å². The molecule has 2 heterocycles. The van der Waals surface area contributed by atoms with E-state index in [1.807, 2.05) is 56.3 Å². The van der Waals surface area contributed by atoms with Crippen molar-refractivity contribution in [3.8, 4) is 0 Å². The Labute approximate surface area is 146 Å². The molecule has 0 radical (unpaired) electrons. The first-order chi connectivity index (χ1) is 11.6. The first kappa shape index (κ1) is 16.2. The zero-order chi connectivity index (χ0) is 16.9. The summed E-state index contributed by atoms with van der Waals surface area (Å²) in [6, 6.07) is 13.3. The van der Waals surface area contributed by atoms with Crippen LogP contribution in [-0.4, -0.2) is 15.0 Å². The number of nitrogens with zero attached hydrogens (tertiary/aromatic N) is 3. The van der Waals surface area contributed by atoms with Gasteiger partial charge in [-0.25, -0.2) is 4.98 Å². The number of hydrogen-bond acceptors (Lipinski definition) is 5. The van der Waals surface area contributed by atoms with Gasteiger partial charge in [0.05, 0.1) is 22.9 Å². The number of pyridine rings is 1. The number of rotatable bonds is 5. The Balaban J connectivity index is 1.82. The smallest absolute Gasteiger partial charge is 0.229 e. The molecular formula is C18H18ClN5. The van der Waals surface area contributed by atoms with Crippen LogP contribution >= 0.6 is 11.6 Å². The number of aromatic nitrogens is 3. The van der Waals surface area contributed by atoms with Crippen molar-refractivity contribution in [2.24, 2.45) is 0 Å². The Morgan fingerprint density at radius 1 is 1.00 bits per heavy atom. The second-order valence-electron chi connectivity index (χ2n) is 5.39. The molecule has 6 heteroatoms. The Hall–Kier alpha value is -2.66. The highest BCUT2D eigenvalue weighted by Crippen LogP contribution is 2.25. The molecular weight excluding hydrogens is 322 g/mol. The third kappa shape index (κ3) is 3.81. The number of aryl methyl sites for hydroxylation is 1. The van der Waals surface area contributed by atoms with Gasteiger partial charge in [-0.3, -0.25) is 4.98 Å². The van der Waals surface area contributed by atoms with Gasteiger partial charge in [0.1, 0.15) is 5.82 Å². The highest BCUT2D eigenvalue weighted by molar-refractivity contribution is 6.33. The monoisotopic (exact) mass is 339 g/mol. The average Bonchev–Trinajstić information content (AvgIpc) is 2.59. The summed E-state index contributed by atoms with van der Waals surface area (Å²) in [7, 11) is 0. The maximum Gasteiger partial charge on any atom is 0.229 e. The van der Waals surface area contributed by atoms with Crippen LogP contribution in [0.1, 0.15) is 17.0 Å². The highest BCUT2D eigenvalue weighted by Gasteiger charge is 2.09. The lowest BCUT2D eigenvalue weighted by Crippen LogP contribution is -2.09. The molecule has 0 aliphatic rings. The fourth-order valence-corrected chi connectivity index (χ4v) is 2.40. The number of halogens is 1. The van der Waals surface area contributed by atoms with Crippen molar-refractivity contribution in [1.29, 1.82) is 0 Å². The molecule has 0 atom stereocenters. The molecule has 0 fully saturated rings. The van der Waals surface area contributed by atoms with Gasteiger partial charge in [0.15, 0.2) is 0 Å². The minimum absolute atomic E-state index is 0.509. The van der Waals surface area contributed by atoms with Crippen molar-refractivity contribution >= 4 is 29.1 Å². The van der Waals surface area contributed by atoms with Crippen molar-refractivity contribution in [3.63, 3.8) is 0 Å². The zero-order valence-electron chi connectivity index (χ0n) is 13.5. The first-order valence-corrected chi connectivity index (χ1v) is 8.02. The van der Waals surface area contributed by atoms with Gasteiger partial charge < -0.3 is 10.6 Å². The van der Waals surface area contributed by atoms with E-state index in [1.54, 1.807) is 6.20 Å². The summed E-state index contributed by atoms with van der Waals surface area (Å²) in [4.78, 5) is 13.4. The van der Waals surface area contributed by atoms with Crippen molar-refractivity contribution < 1.29 is 0 Å². The summed E-state index contributed by atoms with van der Waals surface area (Å²) < 4.78 is 0. The topological polar surface area (TPSA) is 62.7 Å². The van der Waals surface area contributed by atoms with E-state index < -0.39 is 0 Å². The van der Waals surface area contributed by atoms with Crippen LogP contribution in [-0.2, 0) is 6.54 Å². The summed E-state index contributed by atoms with van der Waals surface area (Å²) in [5, 5.41) is 7.12. The number of hydrogen-bond donors (Lipinski definition) is 2. The standard InChI is InChI=1S/C18H18ClN5/c1-12-13(2)22-18(23-16-9-4-3-8-15(16)19)24-17(12)21-11-14-7-5-6-10-20-14/h3-10H,11H2,1-2H3,(H2,21,22,23,24). The Kier molecular flexibility index (Phi) is 4.91. The summed E-state index contributed by atoms with van der Waals surface area (Å²) in [5.41, 5.74) is 3.64. The van der Waals surface area contributed by atoms with Crippen molar-refractivity contribution in [2.45, 2.75) is 20.4 Å². The summed E-state index contributed by atoms with van der Waals surface area (Å²) in [5.74, 6) is 1.29. The van der Waals surface area contributed by atoms with Crippen LogP contribution in [0.2, 0.25) is 5.02 Å². The largest absolute Gasteiger partial charge is 0.364 e. The lowest BCUT2D eigenvalue weighted by Gasteiger charge is -2.13. The second-order valence-corrected chi connectivity index (χ2v) is 5.79. The lowest BCUT2D eigenvalue weighted by atomic mass is 10.2. The van der Waals surface area contributed by atoms with Crippen LogP contribution in [0.25, 0.3) is 0 Å². The number of anilines is 3. The summed E-state index contributed by atoms with van der Waals surface area (Å²) >= 11 is 6.18. The average molecular weight is 340 g/mol. The van der Waals surface area contributed by atoms with Gasteiger partial charge in [-0.2, -0.15) is 4.98 Å². The van der Waals surface area contributed by atoms with Crippen molar-refractivity contribution in [1.82, 2.24) is 15.0 Å². The van der Waals surface area contributed by atoms with Crippen LogP contribution in [0.3, 0.4) is 0 Å². The molecule has 2 aromatic heterocycles. The molecule has 0 saturated carbocycles. The number of benzene rings is 1. The minimum Gasteiger partial charge on any atom is -0.364 e. The molecule has 0 aliphatic heterocycles. The molecule has 24 heavy (non-hydrogen) atoms. The molecule has 122 valence electrons. The van der Waals surface area contributed by atoms with E-state index in [0.717, 1.165) is 28.5 Å². The normalized spacial score (nSPS) is 10.5. The molecule has 0 unspecified atom stereocenters. The van der Waals surface area contributed by atoms with Crippen molar-refractivity contribution in [3.05, 3.63) is 70.6 Å². The van der Waals surface area contributed by atoms with Crippen LogP contribution in [0, 0.1) is 13.8 Å². The molecule has 0 saturated heterocycles. The highest BCUT2D eigenvalue weighted by atomic mass is 35.5. The van der Waals surface area contributed by atoms with Gasteiger partial charge in [-0.05, 0) is 38.1 Å². The van der Waals surface area contributed by atoms with E-state index in [4.69, 9.17) is 11.6 Å². The Morgan fingerprint density at radius 3 is 2.54 bits per heavy atom. The summed E-state index contributed by atoms with van der Waals surface area (Å²) in [6.07, 6.45) is 1.78. The van der Waals surface area contributed by atoms with Crippen LogP contribution in [0.15, 0.2) is 48.7 Å². The molecule has 5 nitrogen and oxygen atoms in total. The number of nitrogens with one attached hydrogen (secondary N) is 2. The van der Waals surface area contributed by atoms with Gasteiger partial charge in [0.2, 0.25) is 5.95 Å². The first-order valence-electron chi connectivity index (χ1n) is 7.64. The fraction of sp³-hybridized carbons (Fsp3) is 0.167. The van der Waals surface area contributed by atoms with Crippen LogP contribution in [0.5, 0.6) is 0 Å². The van der Waals surface area contributed by atoms with Gasteiger partial charge in [0, 0.05) is 17.5 Å². The van der Waals surface area contributed by atoms with Crippen LogP contribution < -0.4 is 10.6 Å². The predicted octanol–water partition coefficient (Wildman–Crippen LogP) is 4.50. The molecule has 0 spiro atoms. The molecule has 0 amide bonds. The Morgan fingerprint density at radius 2 is 1.79 bits per heavy atom. The van der Waals surface area contributed by atoms with Gasteiger partial charge in [-0.15, -0.1) is 0 Å². The summed E-state index contributed by atoms with van der Waals surface area (Å²) in [6.45, 7) is 4.56. The zero-order valence-corrected chi connectivity index (χ0v) is 14.3. The van der Waals surface area contributed by atoms with E-state index in [0.29, 0.717) is 17.5 Å². The van der Waals surface area contributed by atoms with Gasteiger partial charge in [-0.1, -0.05) is 29.8 Å². The van der Waals surface area contributed by atoms with E-state index in [9.17, 15) is 0 Å². The molecule has 0 bridgehead atoms. The second kappa shape index (κ2) is 7.27. The third-order valence-electron chi connectivity index (χ3n) is 3.67. The van der Waals surface area contributed by atoms with E-state index in [2.05, 4.69) is 25.6 Å². The van der Waals surface area contributed by atoms with E-state index in [1.165, 1.54) is 0 Å². The SMILES string of the molecule is Cc1nc(Nc2ccccc2Cl)nc(NCc2ccccn2)c1C. The van der Waals surface area contributed by atoms with E-state index in [-0.39, 0.29) is 0 Å². The molecule has 3 aromatic rings. The third-order valence-corrected chi connectivity index (χ3v) is 4.00. The Bertz CT molecular complexity index is 836. The molecule has 1 aromatic carbocycles. The molecule has 0 aliphatic carbocycles. The van der Waals surface area contributed by atoms with Gasteiger partial charge >= 0.3 is 0 Å². The quantitative estimate of drug-likeness (QED) is 0.716.